The molecule has 0 unspecified atom stereocenters. The third kappa shape index (κ3) is 1.78. The molecule has 6 atom stereocenters. The Morgan fingerprint density at radius 1 is 1.00 bits per heavy atom. The molecule has 0 amide bonds. The van der Waals surface area contributed by atoms with Gasteiger partial charge in [0.1, 0.15) is 5.78 Å². The fraction of sp³-hybridized carbons (Fsp3) is 0.842. The monoisotopic (exact) mass is 288 g/mol. The van der Waals surface area contributed by atoms with Gasteiger partial charge >= 0.3 is 0 Å². The first-order valence-corrected chi connectivity index (χ1v) is 8.88. The van der Waals surface area contributed by atoms with Crippen LogP contribution in [-0.4, -0.2) is 17.0 Å². The highest BCUT2D eigenvalue weighted by Gasteiger charge is 2.58. The van der Waals surface area contributed by atoms with Crippen LogP contribution < -0.4 is 0 Å². The van der Waals surface area contributed by atoms with E-state index in [4.69, 9.17) is 0 Å². The van der Waals surface area contributed by atoms with Crippen LogP contribution >= 0.6 is 0 Å². The second-order valence-electron chi connectivity index (χ2n) is 8.55. The SMILES string of the molecule is C[C@]12CC[C@H](O)C=C1CC[C@@H]1[C@H]2CC[C@@]2(C)C(=O)CC[C@@H]12. The summed E-state index contributed by atoms with van der Waals surface area (Å²) in [4.78, 5) is 12.4. The predicted octanol–water partition coefficient (Wildman–Crippen LogP) is 3.88. The van der Waals surface area contributed by atoms with Gasteiger partial charge in [0.15, 0.2) is 0 Å². The summed E-state index contributed by atoms with van der Waals surface area (Å²) >= 11 is 0. The summed E-state index contributed by atoms with van der Waals surface area (Å²) in [6.07, 6.45) is 10.7. The van der Waals surface area contributed by atoms with Gasteiger partial charge in [0.2, 0.25) is 0 Å². The Morgan fingerprint density at radius 2 is 1.71 bits per heavy atom. The minimum absolute atomic E-state index is 0.00702. The van der Waals surface area contributed by atoms with E-state index >= 15 is 0 Å². The van der Waals surface area contributed by atoms with Gasteiger partial charge < -0.3 is 5.11 Å². The summed E-state index contributed by atoms with van der Waals surface area (Å²) < 4.78 is 0. The van der Waals surface area contributed by atoms with Crippen molar-refractivity contribution < 1.29 is 9.90 Å². The fourth-order valence-corrected chi connectivity index (χ4v) is 6.48. The molecule has 116 valence electrons. The van der Waals surface area contributed by atoms with Gasteiger partial charge in [-0.25, -0.2) is 0 Å². The van der Waals surface area contributed by atoms with Gasteiger partial charge in [-0.15, -0.1) is 0 Å². The first kappa shape index (κ1) is 14.0. The molecule has 3 fully saturated rings. The normalized spacial score (nSPS) is 52.7. The number of aliphatic hydroxyl groups is 1. The molecule has 4 aliphatic rings. The van der Waals surface area contributed by atoms with E-state index in [-0.39, 0.29) is 11.5 Å². The molecule has 3 saturated carbocycles. The maximum absolute atomic E-state index is 12.4. The lowest BCUT2D eigenvalue weighted by Crippen LogP contribution is -2.50. The Kier molecular flexibility index (Phi) is 2.96. The highest BCUT2D eigenvalue weighted by molar-refractivity contribution is 5.87. The van der Waals surface area contributed by atoms with Crippen molar-refractivity contribution in [3.05, 3.63) is 11.6 Å². The van der Waals surface area contributed by atoms with Gasteiger partial charge in [-0.1, -0.05) is 25.5 Å². The first-order chi connectivity index (χ1) is 9.95. The second-order valence-corrected chi connectivity index (χ2v) is 8.55. The molecule has 0 spiro atoms. The van der Waals surface area contributed by atoms with Gasteiger partial charge in [-0.3, -0.25) is 4.79 Å². The summed E-state index contributed by atoms with van der Waals surface area (Å²) in [5, 5.41) is 9.96. The minimum atomic E-state index is -0.216. The molecular formula is C19H28O2. The number of ketones is 1. The average molecular weight is 288 g/mol. The van der Waals surface area contributed by atoms with E-state index in [0.717, 1.165) is 50.4 Å². The lowest BCUT2D eigenvalue weighted by Gasteiger charge is -2.57. The summed E-state index contributed by atoms with van der Waals surface area (Å²) in [7, 11) is 0. The molecule has 0 aromatic rings. The molecule has 2 heteroatoms. The zero-order valence-corrected chi connectivity index (χ0v) is 13.4. The summed E-state index contributed by atoms with van der Waals surface area (Å²) in [6.45, 7) is 4.70. The van der Waals surface area contributed by atoms with Crippen LogP contribution in [0.4, 0.5) is 0 Å². The number of allylic oxidation sites excluding steroid dienone is 1. The van der Waals surface area contributed by atoms with Crippen molar-refractivity contribution in [2.24, 2.45) is 28.6 Å². The summed E-state index contributed by atoms with van der Waals surface area (Å²) in [6, 6.07) is 0. The van der Waals surface area contributed by atoms with Crippen molar-refractivity contribution >= 4 is 5.78 Å². The smallest absolute Gasteiger partial charge is 0.139 e. The Hall–Kier alpha value is -0.630. The van der Waals surface area contributed by atoms with Crippen LogP contribution in [0, 0.1) is 28.6 Å². The molecule has 0 radical (unpaired) electrons. The number of aliphatic hydroxyl groups excluding tert-OH is 1. The van der Waals surface area contributed by atoms with Gasteiger partial charge in [0, 0.05) is 11.8 Å². The van der Waals surface area contributed by atoms with Crippen LogP contribution in [0.5, 0.6) is 0 Å². The number of Topliss-reactive ketones (excluding diaryl/α,β-unsaturated/α-hetero) is 1. The average Bonchev–Trinajstić information content (AvgIpc) is 2.76. The zero-order valence-electron chi connectivity index (χ0n) is 13.4. The number of carbonyl (C=O) groups excluding carboxylic acids is 1. The van der Waals surface area contributed by atoms with Crippen LogP contribution in [0.3, 0.4) is 0 Å². The highest BCUT2D eigenvalue weighted by Crippen LogP contribution is 2.64. The van der Waals surface area contributed by atoms with Crippen molar-refractivity contribution in [2.75, 3.05) is 0 Å². The predicted molar refractivity (Wildman–Crippen MR) is 82.7 cm³/mol. The van der Waals surface area contributed by atoms with Crippen molar-refractivity contribution in [1.82, 2.24) is 0 Å². The van der Waals surface area contributed by atoms with Crippen LogP contribution in [0.25, 0.3) is 0 Å². The number of rotatable bonds is 0. The van der Waals surface area contributed by atoms with Crippen LogP contribution in [0.1, 0.15) is 65.2 Å². The molecule has 0 aliphatic heterocycles. The molecule has 4 aliphatic carbocycles. The highest BCUT2D eigenvalue weighted by atomic mass is 16.3. The van der Waals surface area contributed by atoms with Crippen molar-refractivity contribution in [3.63, 3.8) is 0 Å². The van der Waals surface area contributed by atoms with E-state index < -0.39 is 0 Å². The molecule has 0 bridgehead atoms. The zero-order chi connectivity index (χ0) is 14.8. The van der Waals surface area contributed by atoms with Gasteiger partial charge in [0.05, 0.1) is 6.10 Å². The lowest BCUT2D eigenvalue weighted by atomic mass is 9.47. The number of hydrogen-bond acceptors (Lipinski definition) is 2. The van der Waals surface area contributed by atoms with Gasteiger partial charge in [-0.05, 0) is 68.1 Å². The lowest BCUT2D eigenvalue weighted by molar-refractivity contribution is -0.132. The maximum atomic E-state index is 12.4. The van der Waals surface area contributed by atoms with Crippen LogP contribution in [0.2, 0.25) is 0 Å². The van der Waals surface area contributed by atoms with E-state index in [2.05, 4.69) is 19.9 Å². The first-order valence-electron chi connectivity index (χ1n) is 8.88. The molecule has 21 heavy (non-hydrogen) atoms. The molecule has 0 saturated heterocycles. The fourth-order valence-electron chi connectivity index (χ4n) is 6.48. The number of carbonyl (C=O) groups is 1. The van der Waals surface area contributed by atoms with E-state index in [0.29, 0.717) is 17.1 Å². The molecule has 1 N–H and O–H groups in total. The van der Waals surface area contributed by atoms with E-state index in [1.54, 1.807) is 0 Å². The van der Waals surface area contributed by atoms with E-state index in [1.807, 2.05) is 0 Å². The van der Waals surface area contributed by atoms with E-state index in [1.165, 1.54) is 18.4 Å². The molecule has 2 nitrogen and oxygen atoms in total. The van der Waals surface area contributed by atoms with Crippen LogP contribution in [0.15, 0.2) is 11.6 Å². The van der Waals surface area contributed by atoms with Crippen molar-refractivity contribution in [1.29, 1.82) is 0 Å². The summed E-state index contributed by atoms with van der Waals surface area (Å²) in [5.74, 6) is 2.66. The Labute approximate surface area is 128 Å². The molecule has 4 rings (SSSR count). The topological polar surface area (TPSA) is 37.3 Å². The third-order valence-corrected chi connectivity index (χ3v) is 7.80. The largest absolute Gasteiger partial charge is 0.389 e. The second kappa shape index (κ2) is 4.44. The Balaban J connectivity index is 1.69. The number of hydrogen-bond donors (Lipinski definition) is 1. The van der Waals surface area contributed by atoms with Crippen LogP contribution in [-0.2, 0) is 4.79 Å². The van der Waals surface area contributed by atoms with Gasteiger partial charge in [-0.2, -0.15) is 0 Å². The third-order valence-electron chi connectivity index (χ3n) is 7.80. The molecule has 0 aromatic carbocycles. The Bertz CT molecular complexity index is 508. The molecular weight excluding hydrogens is 260 g/mol. The van der Waals surface area contributed by atoms with E-state index in [9.17, 15) is 9.90 Å². The quantitative estimate of drug-likeness (QED) is 0.687. The maximum Gasteiger partial charge on any atom is 0.139 e. The minimum Gasteiger partial charge on any atom is -0.389 e. The van der Waals surface area contributed by atoms with Crippen molar-refractivity contribution in [2.45, 2.75) is 71.3 Å². The standard InChI is InChI=1S/C19H28O2/c1-18-9-7-13(20)11-12(18)3-4-14-15-5-6-17(21)19(15,2)10-8-16(14)18/h11,13-16,20H,3-10H2,1-2H3/t13-,14-,15-,16+,18-,19+/m0/s1. The summed E-state index contributed by atoms with van der Waals surface area (Å²) in [5.41, 5.74) is 1.82. The Morgan fingerprint density at radius 3 is 2.52 bits per heavy atom. The molecule has 0 heterocycles. The van der Waals surface area contributed by atoms with Gasteiger partial charge in [0.25, 0.3) is 0 Å². The molecule has 0 aromatic heterocycles. The number of fused-ring (bicyclic) bond motifs is 5. The van der Waals surface area contributed by atoms with Crippen molar-refractivity contribution in [3.8, 4) is 0 Å².